The molecule has 3 aromatic carbocycles. The van der Waals surface area contributed by atoms with E-state index in [0.29, 0.717) is 11.4 Å². The summed E-state index contributed by atoms with van der Waals surface area (Å²) < 4.78 is 5.26. The molecule has 1 atom stereocenters. The number of halogens is 1. The molecule has 0 aromatic heterocycles. The Kier molecular flexibility index (Phi) is 5.88. The Balaban J connectivity index is 1.59. The Labute approximate surface area is 179 Å². The number of carbonyl (C=O) groups excluding carboxylic acids is 1. The van der Waals surface area contributed by atoms with Crippen LogP contribution in [0.2, 0.25) is 5.02 Å². The molecule has 1 unspecified atom stereocenters. The van der Waals surface area contributed by atoms with Crippen LogP contribution < -0.4 is 10.1 Å². The average Bonchev–Trinajstić information content (AvgIpc) is 2.75. The number of anilines is 1. The minimum atomic E-state index is -0.0920. The number of thioether (sulfide) groups is 1. The molecule has 0 bridgehead atoms. The molecule has 6 heteroatoms. The number of ether oxygens (including phenoxy) is 1. The van der Waals surface area contributed by atoms with Crippen LogP contribution in [0.1, 0.15) is 12.0 Å². The van der Waals surface area contributed by atoms with Crippen molar-refractivity contribution in [3.63, 3.8) is 0 Å². The molecule has 1 N–H and O–H groups in total. The largest absolute Gasteiger partial charge is 0.497 e. The summed E-state index contributed by atoms with van der Waals surface area (Å²) in [7, 11) is 1.64. The third-order valence-electron chi connectivity index (χ3n) is 4.56. The lowest BCUT2D eigenvalue weighted by atomic mass is 10.0. The molecule has 1 heterocycles. The predicted molar refractivity (Wildman–Crippen MR) is 120 cm³/mol. The van der Waals surface area contributed by atoms with Crippen molar-refractivity contribution in [2.24, 2.45) is 4.99 Å². The summed E-state index contributed by atoms with van der Waals surface area (Å²) >= 11 is 7.59. The quantitative estimate of drug-likeness (QED) is 0.550. The van der Waals surface area contributed by atoms with Crippen LogP contribution >= 0.6 is 23.4 Å². The highest BCUT2D eigenvalue weighted by Crippen LogP contribution is 2.40. The zero-order chi connectivity index (χ0) is 20.2. The van der Waals surface area contributed by atoms with Gasteiger partial charge in [-0.05, 0) is 66.2 Å². The summed E-state index contributed by atoms with van der Waals surface area (Å²) in [6, 6.07) is 22.9. The lowest BCUT2D eigenvalue weighted by molar-refractivity contribution is -0.116. The zero-order valence-electron chi connectivity index (χ0n) is 15.8. The maximum atomic E-state index is 12.7. The van der Waals surface area contributed by atoms with Gasteiger partial charge in [0.15, 0.2) is 0 Å². The fourth-order valence-electron chi connectivity index (χ4n) is 3.12. The van der Waals surface area contributed by atoms with Crippen molar-refractivity contribution in [2.75, 3.05) is 12.4 Å². The number of hydrogen-bond donors (Lipinski definition) is 1. The molecule has 0 aliphatic carbocycles. The highest BCUT2D eigenvalue weighted by atomic mass is 35.5. The first-order valence-electron chi connectivity index (χ1n) is 9.16. The Morgan fingerprint density at radius 2 is 1.79 bits per heavy atom. The van der Waals surface area contributed by atoms with Gasteiger partial charge in [-0.2, -0.15) is 0 Å². The fraction of sp³-hybridized carbons (Fsp3) is 0.130. The second-order valence-electron chi connectivity index (χ2n) is 6.56. The van der Waals surface area contributed by atoms with Crippen LogP contribution in [0.3, 0.4) is 0 Å². The summed E-state index contributed by atoms with van der Waals surface area (Å²) in [4.78, 5) is 18.7. The van der Waals surface area contributed by atoms with Crippen LogP contribution in [0.15, 0.2) is 82.7 Å². The average molecular weight is 423 g/mol. The molecule has 0 spiro atoms. The molecule has 3 aromatic rings. The van der Waals surface area contributed by atoms with E-state index in [2.05, 4.69) is 5.32 Å². The number of methoxy groups -OCH3 is 1. The number of nitrogens with zero attached hydrogens (tertiary/aromatic N) is 1. The van der Waals surface area contributed by atoms with Crippen LogP contribution in [0.25, 0.3) is 0 Å². The van der Waals surface area contributed by atoms with Crippen molar-refractivity contribution in [1.29, 1.82) is 0 Å². The van der Waals surface area contributed by atoms with Gasteiger partial charge in [0.05, 0.1) is 23.8 Å². The summed E-state index contributed by atoms with van der Waals surface area (Å²) in [5, 5.41) is 3.49. The van der Waals surface area contributed by atoms with Gasteiger partial charge in [0.2, 0.25) is 5.91 Å². The van der Waals surface area contributed by atoms with Gasteiger partial charge in [-0.1, -0.05) is 23.7 Å². The zero-order valence-corrected chi connectivity index (χ0v) is 17.3. The minimum absolute atomic E-state index is 0.0644. The van der Waals surface area contributed by atoms with Crippen LogP contribution in [-0.4, -0.2) is 24.0 Å². The molecule has 0 saturated heterocycles. The molecule has 4 rings (SSSR count). The van der Waals surface area contributed by atoms with Crippen LogP contribution in [-0.2, 0) is 4.79 Å². The third kappa shape index (κ3) is 4.63. The molecule has 1 aliphatic heterocycles. The number of para-hydroxylation sites is 1. The minimum Gasteiger partial charge on any atom is -0.497 e. The smallest absolute Gasteiger partial charge is 0.225 e. The van der Waals surface area contributed by atoms with E-state index in [1.54, 1.807) is 43.1 Å². The van der Waals surface area contributed by atoms with Gasteiger partial charge in [0, 0.05) is 22.0 Å². The normalized spacial score (nSPS) is 15.2. The van der Waals surface area contributed by atoms with Crippen LogP contribution in [0, 0.1) is 0 Å². The lowest BCUT2D eigenvalue weighted by Gasteiger charge is -2.24. The second-order valence-corrected chi connectivity index (χ2v) is 8.24. The standard InChI is InChI=1S/C23H19ClN2O2S/c1-28-18-12-6-15(7-13-18)23-21(29-20-5-3-2-4-19(20)26-23)14-22(27)25-17-10-8-16(24)9-11-17/h2-13,21H,14H2,1H3,(H,25,27). The topological polar surface area (TPSA) is 50.7 Å². The molecule has 146 valence electrons. The van der Waals surface area contributed by atoms with E-state index in [9.17, 15) is 4.79 Å². The van der Waals surface area contributed by atoms with E-state index < -0.39 is 0 Å². The lowest BCUT2D eigenvalue weighted by Crippen LogP contribution is -2.27. The Hall–Kier alpha value is -2.76. The molecule has 29 heavy (non-hydrogen) atoms. The van der Waals surface area contributed by atoms with Crippen molar-refractivity contribution in [3.8, 4) is 5.75 Å². The Morgan fingerprint density at radius 3 is 2.52 bits per heavy atom. The number of nitrogens with one attached hydrogen (secondary N) is 1. The number of benzene rings is 3. The first-order chi connectivity index (χ1) is 14.1. The van der Waals surface area contributed by atoms with Gasteiger partial charge < -0.3 is 10.1 Å². The van der Waals surface area contributed by atoms with Crippen LogP contribution in [0.5, 0.6) is 5.75 Å². The van der Waals surface area contributed by atoms with Crippen molar-refractivity contribution < 1.29 is 9.53 Å². The van der Waals surface area contributed by atoms with E-state index in [-0.39, 0.29) is 11.2 Å². The van der Waals surface area contributed by atoms with Gasteiger partial charge in [0.1, 0.15) is 5.75 Å². The van der Waals surface area contributed by atoms with Gasteiger partial charge in [0.25, 0.3) is 0 Å². The predicted octanol–water partition coefficient (Wildman–Crippen LogP) is 5.97. The molecule has 1 aliphatic rings. The Morgan fingerprint density at radius 1 is 1.07 bits per heavy atom. The number of rotatable bonds is 5. The molecule has 0 saturated carbocycles. The first-order valence-corrected chi connectivity index (χ1v) is 10.4. The third-order valence-corrected chi connectivity index (χ3v) is 6.09. The molecule has 0 fully saturated rings. The van der Waals surface area contributed by atoms with E-state index >= 15 is 0 Å². The first kappa shape index (κ1) is 19.6. The molecule has 4 nitrogen and oxygen atoms in total. The number of carbonyl (C=O) groups is 1. The van der Waals surface area contributed by atoms with E-state index in [0.717, 1.165) is 33.3 Å². The van der Waals surface area contributed by atoms with Crippen LogP contribution in [0.4, 0.5) is 11.4 Å². The van der Waals surface area contributed by atoms with Crippen molar-refractivity contribution >= 4 is 46.4 Å². The number of aliphatic imine (C=N–C) groups is 1. The summed E-state index contributed by atoms with van der Waals surface area (Å²) in [5.41, 5.74) is 3.53. The van der Waals surface area contributed by atoms with Gasteiger partial charge in [-0.25, -0.2) is 0 Å². The van der Waals surface area contributed by atoms with Gasteiger partial charge in [-0.15, -0.1) is 11.8 Å². The Bertz CT molecular complexity index is 1050. The fourth-order valence-corrected chi connectivity index (χ4v) is 4.48. The molecule has 1 amide bonds. The van der Waals surface area contributed by atoms with E-state index in [4.69, 9.17) is 21.3 Å². The maximum absolute atomic E-state index is 12.7. The molecule has 0 radical (unpaired) electrons. The number of fused-ring (bicyclic) bond motifs is 1. The van der Waals surface area contributed by atoms with Crippen molar-refractivity contribution in [1.82, 2.24) is 0 Å². The SMILES string of the molecule is COc1ccc(C2=Nc3ccccc3SC2CC(=O)Nc2ccc(Cl)cc2)cc1. The van der Waals surface area contributed by atoms with Crippen molar-refractivity contribution in [3.05, 3.63) is 83.4 Å². The second kappa shape index (κ2) is 8.72. The van der Waals surface area contributed by atoms with Gasteiger partial charge in [-0.3, -0.25) is 9.79 Å². The van der Waals surface area contributed by atoms with Crippen molar-refractivity contribution in [2.45, 2.75) is 16.6 Å². The van der Waals surface area contributed by atoms with E-state index in [1.807, 2.05) is 48.5 Å². The number of hydrogen-bond acceptors (Lipinski definition) is 4. The highest BCUT2D eigenvalue weighted by molar-refractivity contribution is 8.01. The summed E-state index contributed by atoms with van der Waals surface area (Å²) in [6.45, 7) is 0. The highest BCUT2D eigenvalue weighted by Gasteiger charge is 2.27. The number of amides is 1. The molecular weight excluding hydrogens is 404 g/mol. The summed E-state index contributed by atoms with van der Waals surface area (Å²) in [5.74, 6) is 0.723. The monoisotopic (exact) mass is 422 g/mol. The molecular formula is C23H19ClN2O2S. The maximum Gasteiger partial charge on any atom is 0.225 e. The van der Waals surface area contributed by atoms with E-state index in [1.165, 1.54) is 0 Å². The van der Waals surface area contributed by atoms with Gasteiger partial charge >= 0.3 is 0 Å². The summed E-state index contributed by atoms with van der Waals surface area (Å²) in [6.07, 6.45) is 0.312.